The molecule has 0 unspecified atom stereocenters. The normalized spacial score (nSPS) is 10.2. The molecule has 3 N–H and O–H groups in total. The van der Waals surface area contributed by atoms with Gasteiger partial charge in [0.1, 0.15) is 5.76 Å². The molecule has 22 heavy (non-hydrogen) atoms. The van der Waals surface area contributed by atoms with Gasteiger partial charge < -0.3 is 19.9 Å². The lowest BCUT2D eigenvalue weighted by atomic mass is 10.1. The van der Waals surface area contributed by atoms with E-state index in [1.54, 1.807) is 12.1 Å². The minimum atomic E-state index is -1.17. The molecule has 7 heteroatoms. The molecular weight excluding hydrogens is 290 g/mol. The zero-order chi connectivity index (χ0) is 16.1. The van der Waals surface area contributed by atoms with Crippen molar-refractivity contribution in [3.05, 3.63) is 59.0 Å². The predicted molar refractivity (Wildman–Crippen MR) is 74.6 cm³/mol. The summed E-state index contributed by atoms with van der Waals surface area (Å²) in [5.74, 6) is -2.32. The van der Waals surface area contributed by atoms with Gasteiger partial charge >= 0.3 is 11.9 Å². The first-order chi connectivity index (χ1) is 10.5. The number of hydrogen-bond donors (Lipinski definition) is 3. The molecule has 114 valence electrons. The molecule has 2 rings (SSSR count). The third-order valence-electron chi connectivity index (χ3n) is 2.90. The number of carboxylic acid groups (broad SMARTS) is 2. The maximum atomic E-state index is 11.8. The van der Waals surface area contributed by atoms with E-state index in [-0.39, 0.29) is 30.2 Å². The highest BCUT2D eigenvalue weighted by Crippen LogP contribution is 2.08. The van der Waals surface area contributed by atoms with Crippen molar-refractivity contribution in [2.24, 2.45) is 0 Å². The SMILES string of the molecule is O=C(Cc1ccc(C(=O)O)cc1)NCc1ccc(C(=O)O)o1. The summed E-state index contributed by atoms with van der Waals surface area (Å²) in [5, 5.41) is 20.1. The Hall–Kier alpha value is -3.09. The standard InChI is InChI=1S/C15H13NO6/c17-13(7-9-1-3-10(4-2-9)14(18)19)16-8-11-5-6-12(22-11)15(20)21/h1-6H,7-8H2,(H,16,17)(H,18,19)(H,20,21). The summed E-state index contributed by atoms with van der Waals surface area (Å²) in [7, 11) is 0. The molecule has 0 bridgehead atoms. The monoisotopic (exact) mass is 303 g/mol. The first kappa shape index (κ1) is 15.3. The van der Waals surface area contributed by atoms with E-state index in [0.29, 0.717) is 11.3 Å². The summed E-state index contributed by atoms with van der Waals surface area (Å²) < 4.78 is 5.01. The quantitative estimate of drug-likeness (QED) is 0.745. The molecule has 1 heterocycles. The van der Waals surface area contributed by atoms with Crippen molar-refractivity contribution in [2.45, 2.75) is 13.0 Å². The minimum absolute atomic E-state index is 0.0827. The third-order valence-corrected chi connectivity index (χ3v) is 2.90. The molecule has 0 radical (unpaired) electrons. The Kier molecular flexibility index (Phi) is 4.57. The van der Waals surface area contributed by atoms with Crippen LogP contribution in [-0.2, 0) is 17.8 Å². The number of nitrogens with one attached hydrogen (secondary N) is 1. The Morgan fingerprint density at radius 2 is 1.64 bits per heavy atom. The second kappa shape index (κ2) is 6.57. The Bertz CT molecular complexity index is 701. The van der Waals surface area contributed by atoms with Gasteiger partial charge in [-0.1, -0.05) is 12.1 Å². The van der Waals surface area contributed by atoms with Crippen LogP contribution in [0.1, 0.15) is 32.2 Å². The zero-order valence-corrected chi connectivity index (χ0v) is 11.4. The summed E-state index contributed by atoms with van der Waals surface area (Å²) in [6, 6.07) is 8.78. The predicted octanol–water partition coefficient (Wildman–Crippen LogP) is 1.53. The fourth-order valence-electron chi connectivity index (χ4n) is 1.79. The number of carbonyl (C=O) groups excluding carboxylic acids is 1. The number of carboxylic acids is 2. The van der Waals surface area contributed by atoms with Gasteiger partial charge in [-0.25, -0.2) is 9.59 Å². The second-order valence-corrected chi connectivity index (χ2v) is 4.53. The Morgan fingerprint density at radius 1 is 0.955 bits per heavy atom. The smallest absolute Gasteiger partial charge is 0.371 e. The average molecular weight is 303 g/mol. The van der Waals surface area contributed by atoms with E-state index < -0.39 is 11.9 Å². The number of carbonyl (C=O) groups is 3. The average Bonchev–Trinajstić information content (AvgIpc) is 2.95. The van der Waals surface area contributed by atoms with Gasteiger partial charge in [0.25, 0.3) is 0 Å². The van der Waals surface area contributed by atoms with E-state index in [1.165, 1.54) is 24.3 Å². The lowest BCUT2D eigenvalue weighted by Gasteiger charge is -2.04. The van der Waals surface area contributed by atoms with E-state index in [0.717, 1.165) is 0 Å². The molecule has 1 aromatic carbocycles. The molecule has 0 aliphatic heterocycles. The zero-order valence-electron chi connectivity index (χ0n) is 11.4. The molecule has 7 nitrogen and oxygen atoms in total. The Balaban J connectivity index is 1.87. The third kappa shape index (κ3) is 3.95. The molecule has 0 aliphatic carbocycles. The van der Waals surface area contributed by atoms with E-state index in [2.05, 4.69) is 5.32 Å². The number of amides is 1. The van der Waals surface area contributed by atoms with Gasteiger partial charge in [-0.2, -0.15) is 0 Å². The van der Waals surface area contributed by atoms with Gasteiger partial charge in [-0.3, -0.25) is 4.79 Å². The Labute approximate surface area is 125 Å². The minimum Gasteiger partial charge on any atom is -0.478 e. The van der Waals surface area contributed by atoms with Crippen LogP contribution in [0, 0.1) is 0 Å². The number of benzene rings is 1. The highest BCUT2D eigenvalue weighted by Gasteiger charge is 2.10. The molecule has 0 spiro atoms. The van der Waals surface area contributed by atoms with E-state index in [4.69, 9.17) is 14.6 Å². The van der Waals surface area contributed by atoms with Gasteiger partial charge in [-0.05, 0) is 29.8 Å². The van der Waals surface area contributed by atoms with Crippen LogP contribution in [0.4, 0.5) is 0 Å². The lowest BCUT2D eigenvalue weighted by Crippen LogP contribution is -2.24. The highest BCUT2D eigenvalue weighted by molar-refractivity contribution is 5.87. The molecule has 2 aromatic rings. The molecule has 0 aliphatic rings. The van der Waals surface area contributed by atoms with Gasteiger partial charge in [0.05, 0.1) is 18.5 Å². The Morgan fingerprint density at radius 3 is 2.18 bits per heavy atom. The van der Waals surface area contributed by atoms with E-state index in [1.807, 2.05) is 0 Å². The van der Waals surface area contributed by atoms with E-state index >= 15 is 0 Å². The highest BCUT2D eigenvalue weighted by atomic mass is 16.4. The molecule has 0 saturated carbocycles. The molecule has 1 aromatic heterocycles. The van der Waals surface area contributed by atoms with Crippen LogP contribution in [0.5, 0.6) is 0 Å². The number of aromatic carboxylic acids is 2. The van der Waals surface area contributed by atoms with Crippen LogP contribution in [0.15, 0.2) is 40.8 Å². The van der Waals surface area contributed by atoms with Crippen LogP contribution in [0.2, 0.25) is 0 Å². The van der Waals surface area contributed by atoms with Crippen molar-refractivity contribution in [1.82, 2.24) is 5.32 Å². The first-order valence-corrected chi connectivity index (χ1v) is 6.36. The maximum Gasteiger partial charge on any atom is 0.371 e. The molecule has 1 amide bonds. The molecule has 0 saturated heterocycles. The van der Waals surface area contributed by atoms with Crippen LogP contribution in [-0.4, -0.2) is 28.1 Å². The molecule has 0 fully saturated rings. The van der Waals surface area contributed by atoms with Crippen molar-refractivity contribution in [1.29, 1.82) is 0 Å². The van der Waals surface area contributed by atoms with Gasteiger partial charge in [0.2, 0.25) is 11.7 Å². The topological polar surface area (TPSA) is 117 Å². The van der Waals surface area contributed by atoms with Crippen LogP contribution in [0.3, 0.4) is 0 Å². The van der Waals surface area contributed by atoms with Crippen molar-refractivity contribution >= 4 is 17.8 Å². The maximum absolute atomic E-state index is 11.8. The van der Waals surface area contributed by atoms with Gasteiger partial charge in [0.15, 0.2) is 0 Å². The van der Waals surface area contributed by atoms with Gasteiger partial charge in [0, 0.05) is 0 Å². The van der Waals surface area contributed by atoms with Gasteiger partial charge in [-0.15, -0.1) is 0 Å². The summed E-state index contributed by atoms with van der Waals surface area (Å²) >= 11 is 0. The van der Waals surface area contributed by atoms with Crippen molar-refractivity contribution in [2.75, 3.05) is 0 Å². The summed E-state index contributed by atoms with van der Waals surface area (Å²) in [6.45, 7) is 0.0827. The summed E-state index contributed by atoms with van der Waals surface area (Å²) in [5.41, 5.74) is 0.828. The van der Waals surface area contributed by atoms with Crippen LogP contribution in [0.25, 0.3) is 0 Å². The van der Waals surface area contributed by atoms with Crippen LogP contribution < -0.4 is 5.32 Å². The summed E-state index contributed by atoms with van der Waals surface area (Å²) in [6.07, 6.45) is 0.0897. The van der Waals surface area contributed by atoms with E-state index in [9.17, 15) is 14.4 Å². The fraction of sp³-hybridized carbons (Fsp3) is 0.133. The molecular formula is C15H13NO6. The first-order valence-electron chi connectivity index (χ1n) is 6.36. The van der Waals surface area contributed by atoms with Crippen molar-refractivity contribution < 1.29 is 29.0 Å². The van der Waals surface area contributed by atoms with Crippen molar-refractivity contribution in [3.63, 3.8) is 0 Å². The number of rotatable bonds is 6. The van der Waals surface area contributed by atoms with Crippen LogP contribution >= 0.6 is 0 Å². The summed E-state index contributed by atoms with van der Waals surface area (Å²) in [4.78, 5) is 33.1. The van der Waals surface area contributed by atoms with Crippen molar-refractivity contribution in [3.8, 4) is 0 Å². The second-order valence-electron chi connectivity index (χ2n) is 4.53. The lowest BCUT2D eigenvalue weighted by molar-refractivity contribution is -0.120. The number of hydrogen-bond acceptors (Lipinski definition) is 4. The largest absolute Gasteiger partial charge is 0.478 e. The molecule has 0 atom stereocenters. The fourth-order valence-corrected chi connectivity index (χ4v) is 1.79. The number of furan rings is 1.